The van der Waals surface area contributed by atoms with Crippen LogP contribution in [0.4, 0.5) is 10.1 Å². The van der Waals surface area contributed by atoms with E-state index in [9.17, 15) is 9.18 Å². The van der Waals surface area contributed by atoms with E-state index in [1.807, 2.05) is 19.9 Å². The number of anilines is 1. The highest BCUT2D eigenvalue weighted by Crippen LogP contribution is 2.38. The van der Waals surface area contributed by atoms with Crippen LogP contribution in [0.2, 0.25) is 0 Å². The van der Waals surface area contributed by atoms with Crippen LogP contribution < -0.4 is 19.5 Å². The lowest BCUT2D eigenvalue weighted by molar-refractivity contribution is -0.118. The molecule has 25 heavy (non-hydrogen) atoms. The molecule has 3 rings (SSSR count). The van der Waals surface area contributed by atoms with Crippen LogP contribution >= 0.6 is 0 Å². The molecule has 2 aromatic carbocycles. The molecule has 1 N–H and O–H groups in total. The molecule has 1 atom stereocenters. The number of fused-ring (bicyclic) bond motifs is 1. The Morgan fingerprint density at radius 1 is 1.28 bits per heavy atom. The van der Waals surface area contributed by atoms with Crippen LogP contribution in [0.15, 0.2) is 36.4 Å². The molecule has 0 fully saturated rings. The lowest BCUT2D eigenvalue weighted by atomic mass is 10.1. The van der Waals surface area contributed by atoms with Gasteiger partial charge in [-0.1, -0.05) is 12.1 Å². The Morgan fingerprint density at radius 3 is 2.84 bits per heavy atom. The third kappa shape index (κ3) is 4.02. The maximum Gasteiger partial charge on any atom is 0.262 e. The Balaban J connectivity index is 1.70. The zero-order valence-electron chi connectivity index (χ0n) is 14.2. The summed E-state index contributed by atoms with van der Waals surface area (Å²) in [5.74, 6) is 0.439. The molecule has 0 radical (unpaired) electrons. The fourth-order valence-electron chi connectivity index (χ4n) is 2.70. The van der Waals surface area contributed by atoms with Crippen molar-refractivity contribution >= 4 is 11.6 Å². The van der Waals surface area contributed by atoms with Crippen molar-refractivity contribution < 1.29 is 23.4 Å². The minimum Gasteiger partial charge on any atom is -0.492 e. The largest absolute Gasteiger partial charge is 0.492 e. The van der Waals surface area contributed by atoms with Crippen LogP contribution in [-0.2, 0) is 11.2 Å². The number of hydrogen-bond acceptors (Lipinski definition) is 4. The summed E-state index contributed by atoms with van der Waals surface area (Å²) in [6, 6.07) is 9.59. The number of benzene rings is 2. The van der Waals surface area contributed by atoms with E-state index in [1.54, 1.807) is 18.2 Å². The molecule has 2 aromatic rings. The second-order valence-electron chi connectivity index (χ2n) is 5.79. The van der Waals surface area contributed by atoms with E-state index in [0.717, 1.165) is 17.7 Å². The summed E-state index contributed by atoms with van der Waals surface area (Å²) in [5.41, 5.74) is 1.56. The molecule has 1 amide bonds. The molecule has 0 aliphatic carbocycles. The van der Waals surface area contributed by atoms with Crippen LogP contribution in [-0.4, -0.2) is 25.2 Å². The number of para-hydroxylation sites is 1. The predicted molar refractivity (Wildman–Crippen MR) is 91.9 cm³/mol. The molecule has 1 aliphatic rings. The molecule has 1 heterocycles. The highest BCUT2D eigenvalue weighted by molar-refractivity contribution is 5.93. The minimum absolute atomic E-state index is 0.0359. The molecule has 0 saturated heterocycles. The quantitative estimate of drug-likeness (QED) is 0.870. The van der Waals surface area contributed by atoms with Crippen LogP contribution in [0.5, 0.6) is 17.2 Å². The molecule has 1 unspecified atom stereocenters. The molecule has 0 aromatic heterocycles. The van der Waals surface area contributed by atoms with Gasteiger partial charge in [-0.2, -0.15) is 0 Å². The number of carbonyl (C=O) groups excluding carboxylic acids is 1. The van der Waals surface area contributed by atoms with Gasteiger partial charge in [-0.3, -0.25) is 4.79 Å². The molecular formula is C19H20FNO4. The van der Waals surface area contributed by atoms with Gasteiger partial charge in [0.05, 0.1) is 12.3 Å². The number of amides is 1. The number of hydrogen-bond donors (Lipinski definition) is 1. The van der Waals surface area contributed by atoms with Gasteiger partial charge >= 0.3 is 0 Å². The molecule has 0 spiro atoms. The Morgan fingerprint density at radius 2 is 2.08 bits per heavy atom. The van der Waals surface area contributed by atoms with E-state index in [-0.39, 0.29) is 18.5 Å². The third-order valence-corrected chi connectivity index (χ3v) is 3.77. The summed E-state index contributed by atoms with van der Waals surface area (Å²) >= 11 is 0. The van der Waals surface area contributed by atoms with E-state index < -0.39 is 11.7 Å². The topological polar surface area (TPSA) is 56.8 Å². The average molecular weight is 345 g/mol. The Labute approximate surface area is 145 Å². The molecule has 1 aliphatic heterocycles. The number of nitrogens with one attached hydrogen (secondary N) is 1. The van der Waals surface area contributed by atoms with Gasteiger partial charge in [0.15, 0.2) is 18.2 Å². The van der Waals surface area contributed by atoms with Crippen molar-refractivity contribution in [2.24, 2.45) is 0 Å². The Hall–Kier alpha value is -2.76. The van der Waals surface area contributed by atoms with Crippen LogP contribution in [0.3, 0.4) is 0 Å². The first-order chi connectivity index (χ1) is 12.1. The molecule has 5 nitrogen and oxygen atoms in total. The van der Waals surface area contributed by atoms with Gasteiger partial charge in [0, 0.05) is 18.1 Å². The number of carbonyl (C=O) groups is 1. The highest BCUT2D eigenvalue weighted by Gasteiger charge is 2.22. The van der Waals surface area contributed by atoms with Crippen molar-refractivity contribution in [3.8, 4) is 17.2 Å². The molecule has 6 heteroatoms. The van der Waals surface area contributed by atoms with Gasteiger partial charge in [0.1, 0.15) is 17.6 Å². The molecule has 0 bridgehead atoms. The zero-order chi connectivity index (χ0) is 17.8. The van der Waals surface area contributed by atoms with E-state index in [0.29, 0.717) is 18.0 Å². The average Bonchev–Trinajstić information content (AvgIpc) is 2.93. The lowest BCUT2D eigenvalue weighted by Gasteiger charge is -2.14. The molecule has 132 valence electrons. The van der Waals surface area contributed by atoms with Crippen molar-refractivity contribution in [1.82, 2.24) is 0 Å². The van der Waals surface area contributed by atoms with Crippen molar-refractivity contribution in [3.05, 3.63) is 47.8 Å². The fourth-order valence-corrected chi connectivity index (χ4v) is 2.70. The van der Waals surface area contributed by atoms with Gasteiger partial charge in [0.25, 0.3) is 5.91 Å². The van der Waals surface area contributed by atoms with Gasteiger partial charge in [-0.05, 0) is 32.0 Å². The van der Waals surface area contributed by atoms with E-state index in [4.69, 9.17) is 14.2 Å². The normalized spacial score (nSPS) is 15.2. The Bertz CT molecular complexity index is 778. The van der Waals surface area contributed by atoms with E-state index >= 15 is 0 Å². The van der Waals surface area contributed by atoms with Crippen LogP contribution in [0.1, 0.15) is 19.4 Å². The number of rotatable bonds is 6. The van der Waals surface area contributed by atoms with Gasteiger partial charge < -0.3 is 19.5 Å². The summed E-state index contributed by atoms with van der Waals surface area (Å²) in [4.78, 5) is 12.2. The number of halogens is 1. The first-order valence-electron chi connectivity index (χ1n) is 8.20. The van der Waals surface area contributed by atoms with Gasteiger partial charge in [-0.15, -0.1) is 0 Å². The monoisotopic (exact) mass is 345 g/mol. The van der Waals surface area contributed by atoms with Crippen molar-refractivity contribution in [1.29, 1.82) is 0 Å². The summed E-state index contributed by atoms with van der Waals surface area (Å²) in [6.45, 7) is 4.03. The van der Waals surface area contributed by atoms with Gasteiger partial charge in [-0.25, -0.2) is 4.39 Å². The zero-order valence-corrected chi connectivity index (χ0v) is 14.2. The summed E-state index contributed by atoms with van der Waals surface area (Å²) in [7, 11) is 0. The summed E-state index contributed by atoms with van der Waals surface area (Å²) < 4.78 is 30.1. The fraction of sp³-hybridized carbons (Fsp3) is 0.316. The first-order valence-corrected chi connectivity index (χ1v) is 8.20. The number of ether oxygens (including phenoxy) is 3. The Kier molecular flexibility index (Phi) is 5.07. The summed E-state index contributed by atoms with van der Waals surface area (Å²) in [6.07, 6.45) is 0.903. The van der Waals surface area contributed by atoms with Crippen molar-refractivity contribution in [3.63, 3.8) is 0 Å². The maximum atomic E-state index is 13.5. The third-order valence-electron chi connectivity index (χ3n) is 3.77. The minimum atomic E-state index is -0.509. The standard InChI is InChI=1S/C19H20FNO4/c1-3-23-18-9-13-8-12(2)25-17(13)10-15(18)21-19(22)11-24-16-7-5-4-6-14(16)20/h4-7,9-10,12H,3,8,11H2,1-2H3,(H,21,22). The second kappa shape index (κ2) is 7.42. The second-order valence-corrected chi connectivity index (χ2v) is 5.79. The molecular weight excluding hydrogens is 325 g/mol. The lowest BCUT2D eigenvalue weighted by Crippen LogP contribution is -2.21. The van der Waals surface area contributed by atoms with Crippen LogP contribution in [0.25, 0.3) is 0 Å². The van der Waals surface area contributed by atoms with Gasteiger partial charge in [0.2, 0.25) is 0 Å². The SMILES string of the molecule is CCOc1cc2c(cc1NC(=O)COc1ccccc1F)OC(C)C2. The van der Waals surface area contributed by atoms with Crippen molar-refractivity contribution in [2.45, 2.75) is 26.4 Å². The highest BCUT2D eigenvalue weighted by atomic mass is 19.1. The smallest absolute Gasteiger partial charge is 0.262 e. The maximum absolute atomic E-state index is 13.5. The van der Waals surface area contributed by atoms with Crippen molar-refractivity contribution in [2.75, 3.05) is 18.5 Å². The first kappa shape index (κ1) is 17.1. The predicted octanol–water partition coefficient (Wildman–Crippen LogP) is 3.57. The summed E-state index contributed by atoms with van der Waals surface area (Å²) in [5, 5.41) is 2.74. The van der Waals surface area contributed by atoms with E-state index in [2.05, 4.69) is 5.32 Å². The van der Waals surface area contributed by atoms with E-state index in [1.165, 1.54) is 12.1 Å². The molecule has 0 saturated carbocycles. The van der Waals surface area contributed by atoms with Crippen LogP contribution in [0, 0.1) is 5.82 Å².